The number of anilines is 1. The van der Waals surface area contributed by atoms with Crippen LogP contribution in [0.4, 0.5) is 5.69 Å². The molecule has 0 spiro atoms. The summed E-state index contributed by atoms with van der Waals surface area (Å²) in [4.78, 5) is 27.3. The molecule has 1 amide bonds. The maximum absolute atomic E-state index is 12.8. The second-order valence-electron chi connectivity index (χ2n) is 7.19. The number of aromatic nitrogens is 1. The highest BCUT2D eigenvalue weighted by atomic mass is 16.5. The van der Waals surface area contributed by atoms with Gasteiger partial charge in [-0.15, -0.1) is 0 Å². The van der Waals surface area contributed by atoms with Crippen molar-refractivity contribution in [3.63, 3.8) is 0 Å². The summed E-state index contributed by atoms with van der Waals surface area (Å²) in [5, 5.41) is 4.29. The number of carbonyl (C=O) groups is 1. The number of hydrogen-bond acceptors (Lipinski definition) is 4. The molecule has 0 unspecified atom stereocenters. The molecule has 6 heteroatoms. The smallest absolute Gasteiger partial charge is 0.258 e. The number of rotatable bonds is 8. The molecule has 0 atom stereocenters. The van der Waals surface area contributed by atoms with Crippen molar-refractivity contribution < 1.29 is 9.53 Å². The van der Waals surface area contributed by atoms with Crippen LogP contribution in [0.25, 0.3) is 10.8 Å². The second kappa shape index (κ2) is 9.39. The molecular weight excluding hydrogens is 366 g/mol. The number of ether oxygens (including phenoxy) is 1. The monoisotopic (exact) mass is 393 g/mol. The van der Waals surface area contributed by atoms with Gasteiger partial charge >= 0.3 is 0 Å². The summed E-state index contributed by atoms with van der Waals surface area (Å²) in [6, 6.07) is 14.8. The van der Waals surface area contributed by atoms with Gasteiger partial charge in [0.25, 0.3) is 5.56 Å². The highest BCUT2D eigenvalue weighted by molar-refractivity contribution is 6.02. The van der Waals surface area contributed by atoms with Crippen LogP contribution < -0.4 is 15.6 Å². The van der Waals surface area contributed by atoms with E-state index in [4.69, 9.17) is 4.74 Å². The Balaban J connectivity index is 1.76. The van der Waals surface area contributed by atoms with Crippen LogP contribution in [0.3, 0.4) is 0 Å². The van der Waals surface area contributed by atoms with Gasteiger partial charge in [-0.2, -0.15) is 0 Å². The molecule has 0 bridgehead atoms. The van der Waals surface area contributed by atoms with Gasteiger partial charge in [0, 0.05) is 35.7 Å². The zero-order valence-corrected chi connectivity index (χ0v) is 17.1. The molecule has 1 N–H and O–H groups in total. The van der Waals surface area contributed by atoms with Crippen LogP contribution in [-0.2, 0) is 17.8 Å². The van der Waals surface area contributed by atoms with Crippen LogP contribution >= 0.6 is 0 Å². The van der Waals surface area contributed by atoms with Crippen LogP contribution in [0.1, 0.15) is 12.5 Å². The molecule has 0 aliphatic carbocycles. The normalized spacial score (nSPS) is 11.0. The molecule has 0 radical (unpaired) electrons. The molecule has 0 saturated carbocycles. The molecule has 29 heavy (non-hydrogen) atoms. The first-order chi connectivity index (χ1) is 14.0. The molecule has 0 saturated heterocycles. The summed E-state index contributed by atoms with van der Waals surface area (Å²) in [5.74, 6) is 0.662. The number of carbonyl (C=O) groups excluding carboxylic acids is 1. The molecule has 6 nitrogen and oxygen atoms in total. The van der Waals surface area contributed by atoms with E-state index in [2.05, 4.69) is 5.32 Å². The van der Waals surface area contributed by atoms with Gasteiger partial charge in [-0.1, -0.05) is 18.2 Å². The first-order valence-electron chi connectivity index (χ1n) is 9.76. The van der Waals surface area contributed by atoms with E-state index in [1.54, 1.807) is 22.9 Å². The van der Waals surface area contributed by atoms with E-state index in [1.165, 1.54) is 0 Å². The third-order valence-corrected chi connectivity index (χ3v) is 4.68. The fourth-order valence-electron chi connectivity index (χ4n) is 3.16. The Labute approximate surface area is 170 Å². The van der Waals surface area contributed by atoms with Gasteiger partial charge in [0.15, 0.2) is 0 Å². The van der Waals surface area contributed by atoms with Gasteiger partial charge in [-0.05, 0) is 56.9 Å². The molecule has 152 valence electrons. The van der Waals surface area contributed by atoms with Crippen molar-refractivity contribution >= 4 is 22.4 Å². The molecule has 0 fully saturated rings. The van der Waals surface area contributed by atoms with E-state index in [1.807, 2.05) is 62.3 Å². The number of amides is 1. The molecular formula is C23H27N3O3. The molecule has 3 aromatic rings. The lowest BCUT2D eigenvalue weighted by Gasteiger charge is -2.13. The summed E-state index contributed by atoms with van der Waals surface area (Å²) in [6.45, 7) is 3.94. The minimum absolute atomic E-state index is 0.0491. The summed E-state index contributed by atoms with van der Waals surface area (Å²) in [7, 11) is 3.95. The van der Waals surface area contributed by atoms with Gasteiger partial charge in [0.1, 0.15) is 5.75 Å². The largest absolute Gasteiger partial charge is 0.494 e. The highest BCUT2D eigenvalue weighted by Gasteiger charge is 2.10. The maximum Gasteiger partial charge on any atom is 0.258 e. The van der Waals surface area contributed by atoms with Crippen LogP contribution in [0.5, 0.6) is 5.75 Å². The van der Waals surface area contributed by atoms with Crippen molar-refractivity contribution in [3.05, 3.63) is 70.6 Å². The van der Waals surface area contributed by atoms with Gasteiger partial charge in [-0.3, -0.25) is 9.59 Å². The van der Waals surface area contributed by atoms with Crippen molar-refractivity contribution in [2.45, 2.75) is 19.9 Å². The van der Waals surface area contributed by atoms with E-state index < -0.39 is 0 Å². The van der Waals surface area contributed by atoms with E-state index >= 15 is 0 Å². The van der Waals surface area contributed by atoms with Crippen molar-refractivity contribution in [3.8, 4) is 5.75 Å². The Kier molecular flexibility index (Phi) is 6.67. The van der Waals surface area contributed by atoms with Crippen molar-refractivity contribution in [2.24, 2.45) is 0 Å². The van der Waals surface area contributed by atoms with Gasteiger partial charge in [-0.25, -0.2) is 0 Å². The second-order valence-corrected chi connectivity index (χ2v) is 7.19. The van der Waals surface area contributed by atoms with E-state index in [0.717, 1.165) is 23.2 Å². The SMILES string of the molecule is CCOc1ccc(CC(=O)Nc2cccc3c(=O)n(CCN(C)C)ccc23)cc1. The molecule has 3 rings (SSSR count). The average Bonchev–Trinajstić information content (AvgIpc) is 2.69. The Morgan fingerprint density at radius 1 is 1.07 bits per heavy atom. The number of likely N-dealkylation sites (N-methyl/N-ethyl adjacent to an activating group) is 1. The maximum atomic E-state index is 12.8. The Morgan fingerprint density at radius 2 is 1.83 bits per heavy atom. The number of nitrogens with zero attached hydrogens (tertiary/aromatic N) is 2. The molecule has 0 aliphatic heterocycles. The quantitative estimate of drug-likeness (QED) is 0.639. The van der Waals surface area contributed by atoms with Crippen LogP contribution in [0.2, 0.25) is 0 Å². The topological polar surface area (TPSA) is 63.6 Å². The van der Waals surface area contributed by atoms with Gasteiger partial charge in [0.2, 0.25) is 5.91 Å². The zero-order valence-electron chi connectivity index (χ0n) is 17.1. The average molecular weight is 393 g/mol. The number of benzene rings is 2. The van der Waals surface area contributed by atoms with E-state index in [0.29, 0.717) is 24.2 Å². The van der Waals surface area contributed by atoms with Crippen molar-refractivity contribution in [2.75, 3.05) is 32.6 Å². The van der Waals surface area contributed by atoms with Crippen molar-refractivity contribution in [1.29, 1.82) is 0 Å². The number of hydrogen-bond donors (Lipinski definition) is 1. The van der Waals surface area contributed by atoms with Gasteiger partial charge < -0.3 is 19.5 Å². The summed E-state index contributed by atoms with van der Waals surface area (Å²) < 4.78 is 7.13. The zero-order chi connectivity index (χ0) is 20.8. The first kappa shape index (κ1) is 20.6. The fraction of sp³-hybridized carbons (Fsp3) is 0.304. The standard InChI is InChI=1S/C23H27N3O3/c1-4-29-18-10-8-17(9-11-18)16-22(27)24-21-7-5-6-20-19(21)12-13-26(23(20)28)15-14-25(2)3/h5-13H,4,14-16H2,1-3H3,(H,24,27). The Hall–Kier alpha value is -3.12. The molecule has 2 aromatic carbocycles. The summed E-state index contributed by atoms with van der Waals surface area (Å²) in [5.41, 5.74) is 1.50. The van der Waals surface area contributed by atoms with E-state index in [9.17, 15) is 9.59 Å². The summed E-state index contributed by atoms with van der Waals surface area (Å²) in [6.07, 6.45) is 2.04. The van der Waals surface area contributed by atoms with Crippen molar-refractivity contribution in [1.82, 2.24) is 9.47 Å². The first-order valence-corrected chi connectivity index (χ1v) is 9.76. The number of fused-ring (bicyclic) bond motifs is 1. The third kappa shape index (κ3) is 5.23. The number of nitrogens with one attached hydrogen (secondary N) is 1. The lowest BCUT2D eigenvalue weighted by atomic mass is 10.1. The van der Waals surface area contributed by atoms with E-state index in [-0.39, 0.29) is 17.9 Å². The lowest BCUT2D eigenvalue weighted by molar-refractivity contribution is -0.115. The van der Waals surface area contributed by atoms with Crippen LogP contribution in [0, 0.1) is 0 Å². The highest BCUT2D eigenvalue weighted by Crippen LogP contribution is 2.21. The minimum atomic E-state index is -0.126. The third-order valence-electron chi connectivity index (χ3n) is 4.68. The minimum Gasteiger partial charge on any atom is -0.494 e. The van der Waals surface area contributed by atoms with Gasteiger partial charge in [0.05, 0.1) is 13.0 Å². The molecule has 1 heterocycles. The Bertz CT molecular complexity index is 1040. The molecule has 0 aliphatic rings. The predicted molar refractivity (Wildman–Crippen MR) is 117 cm³/mol. The predicted octanol–water partition coefficient (Wildman–Crippen LogP) is 3.14. The van der Waals surface area contributed by atoms with Crippen LogP contribution in [0.15, 0.2) is 59.5 Å². The number of pyridine rings is 1. The van der Waals surface area contributed by atoms with Crippen LogP contribution in [-0.4, -0.2) is 42.6 Å². The lowest BCUT2D eigenvalue weighted by Crippen LogP contribution is -2.26. The summed E-state index contributed by atoms with van der Waals surface area (Å²) >= 11 is 0. The Morgan fingerprint density at radius 3 is 2.52 bits per heavy atom. The molecule has 1 aromatic heterocycles. The fourth-order valence-corrected chi connectivity index (χ4v) is 3.16.